The molecule has 9 nitrogen and oxygen atoms in total. The van der Waals surface area contributed by atoms with Crippen molar-refractivity contribution in [3.63, 3.8) is 0 Å². The highest BCUT2D eigenvalue weighted by Gasteiger charge is 2.54. The van der Waals surface area contributed by atoms with Gasteiger partial charge in [-0.1, -0.05) is 58.1 Å². The summed E-state index contributed by atoms with van der Waals surface area (Å²) >= 11 is 6.93. The summed E-state index contributed by atoms with van der Waals surface area (Å²) in [7, 11) is -4.03. The third-order valence-electron chi connectivity index (χ3n) is 10.4. The summed E-state index contributed by atoms with van der Waals surface area (Å²) in [5.41, 5.74) is 0.734. The van der Waals surface area contributed by atoms with Gasteiger partial charge in [0.1, 0.15) is 30.6 Å². The highest BCUT2D eigenvalue weighted by Crippen LogP contribution is 2.42. The third kappa shape index (κ3) is 6.87. The minimum atomic E-state index is -2.04. The molecule has 46 heavy (non-hydrogen) atoms. The Labute approximate surface area is 282 Å². The van der Waals surface area contributed by atoms with Crippen LogP contribution in [-0.2, 0) is 34.7 Å². The maximum Gasteiger partial charge on any atom is 0.496 e. The number of hydrogen-bond donors (Lipinski definition) is 0. The Kier molecular flexibility index (Phi) is 9.74. The van der Waals surface area contributed by atoms with Gasteiger partial charge in [-0.05, 0) is 57.9 Å². The SMILES string of the molecule is CC1(C)OB(c2cc3c(C#N)c(O[C@@H]4CO[C@H]5[C@@H]4OC[C@H]5O[Si](C)(C)C(C)(C)C)n(COCC[Si](C)(C)C)c3cc2Cl)OC1(C)C. The molecule has 3 saturated heterocycles. The second-order valence-electron chi connectivity index (χ2n) is 16.7. The van der Waals surface area contributed by atoms with Crippen molar-refractivity contribution in [2.45, 2.75) is 135 Å². The van der Waals surface area contributed by atoms with Crippen LogP contribution >= 0.6 is 11.6 Å². The minimum Gasteiger partial charge on any atom is -0.469 e. The number of nitrogens with zero attached hydrogens (tertiary/aromatic N) is 2. The summed E-state index contributed by atoms with van der Waals surface area (Å²) in [6.45, 7) is 27.8. The molecule has 5 rings (SSSR count). The first-order chi connectivity index (χ1) is 21.2. The highest BCUT2D eigenvalue weighted by molar-refractivity contribution is 6.76. The van der Waals surface area contributed by atoms with Gasteiger partial charge in [-0.25, -0.2) is 0 Å². The molecule has 0 N–H and O–H groups in total. The highest BCUT2D eigenvalue weighted by atomic mass is 35.5. The van der Waals surface area contributed by atoms with E-state index in [0.29, 0.717) is 47.1 Å². The predicted octanol–water partition coefficient (Wildman–Crippen LogP) is 6.71. The lowest BCUT2D eigenvalue weighted by Crippen LogP contribution is -2.47. The molecule has 4 atom stereocenters. The van der Waals surface area contributed by atoms with Crippen molar-refractivity contribution in [1.82, 2.24) is 4.57 Å². The van der Waals surface area contributed by atoms with E-state index in [9.17, 15) is 5.26 Å². The van der Waals surface area contributed by atoms with Gasteiger partial charge in [-0.15, -0.1) is 0 Å². The normalized spacial score (nSPS) is 26.1. The number of aromatic nitrogens is 1. The zero-order valence-electron chi connectivity index (χ0n) is 29.7. The molecule has 0 radical (unpaired) electrons. The van der Waals surface area contributed by atoms with E-state index < -0.39 is 40.8 Å². The number of rotatable bonds is 10. The molecule has 1 aromatic heterocycles. The predicted molar refractivity (Wildman–Crippen MR) is 187 cm³/mol. The van der Waals surface area contributed by atoms with E-state index in [1.165, 1.54) is 0 Å². The van der Waals surface area contributed by atoms with Crippen LogP contribution in [0.3, 0.4) is 0 Å². The Bertz CT molecular complexity index is 1480. The van der Waals surface area contributed by atoms with Crippen molar-refractivity contribution in [3.05, 3.63) is 22.7 Å². The number of nitriles is 1. The minimum absolute atomic E-state index is 0.0674. The first-order valence-corrected chi connectivity index (χ1v) is 23.4. The fraction of sp³-hybridized carbons (Fsp3) is 0.727. The van der Waals surface area contributed by atoms with Crippen molar-refractivity contribution in [2.24, 2.45) is 0 Å². The zero-order valence-corrected chi connectivity index (χ0v) is 32.5. The van der Waals surface area contributed by atoms with Gasteiger partial charge in [0.2, 0.25) is 5.88 Å². The van der Waals surface area contributed by atoms with Crippen LogP contribution in [0.4, 0.5) is 0 Å². The molecule has 0 aliphatic carbocycles. The summed E-state index contributed by atoms with van der Waals surface area (Å²) < 4.78 is 46.8. The Balaban J connectivity index is 1.47. The van der Waals surface area contributed by atoms with Gasteiger partial charge in [-0.3, -0.25) is 4.57 Å². The topological polar surface area (TPSA) is 93.3 Å². The lowest BCUT2D eigenvalue weighted by molar-refractivity contribution is 0.00578. The van der Waals surface area contributed by atoms with Crippen LogP contribution < -0.4 is 10.2 Å². The fourth-order valence-electron chi connectivity index (χ4n) is 5.74. The van der Waals surface area contributed by atoms with Crippen LogP contribution in [0, 0.1) is 11.3 Å². The Morgan fingerprint density at radius 1 is 1.00 bits per heavy atom. The molecular weight excluding hydrogens is 639 g/mol. The van der Waals surface area contributed by atoms with E-state index in [1.807, 2.05) is 44.4 Å². The van der Waals surface area contributed by atoms with Gasteiger partial charge >= 0.3 is 7.12 Å². The van der Waals surface area contributed by atoms with E-state index in [2.05, 4.69) is 59.6 Å². The van der Waals surface area contributed by atoms with Crippen LogP contribution in [0.2, 0.25) is 48.8 Å². The van der Waals surface area contributed by atoms with Gasteiger partial charge < -0.3 is 32.7 Å². The Morgan fingerprint density at radius 2 is 1.59 bits per heavy atom. The van der Waals surface area contributed by atoms with Gasteiger partial charge in [-0.2, -0.15) is 5.26 Å². The Morgan fingerprint density at radius 3 is 2.15 bits per heavy atom. The molecule has 0 amide bonds. The first-order valence-electron chi connectivity index (χ1n) is 16.4. The molecule has 2 aromatic rings. The summed E-state index contributed by atoms with van der Waals surface area (Å²) in [4.78, 5) is 0. The molecule has 1 aromatic carbocycles. The standard InChI is InChI=1S/C33H52BClN2O7Si2/c1-31(2,3)46(11,12)42-27-19-40-28-26(18-39-29(27)28)41-30-22(17-36)21-15-23(34-43-32(4,5)33(6,7)44-34)24(35)16-25(21)37(30)20-38-13-14-45(8,9)10/h15-16,26-29H,13-14,18-20H2,1-12H3/t26-,27-,28-,29-/m1/s1. The average Bonchev–Trinajstić information content (AvgIpc) is 3.62. The second kappa shape index (κ2) is 12.5. The summed E-state index contributed by atoms with van der Waals surface area (Å²) in [6, 6.07) is 7.18. The second-order valence-corrected chi connectivity index (χ2v) is 27.5. The molecule has 3 fully saturated rings. The van der Waals surface area contributed by atoms with Gasteiger partial charge in [0.15, 0.2) is 14.4 Å². The molecule has 0 saturated carbocycles. The third-order valence-corrected chi connectivity index (χ3v) is 17.0. The lowest BCUT2D eigenvalue weighted by Gasteiger charge is -2.39. The number of fused-ring (bicyclic) bond motifs is 2. The van der Waals surface area contributed by atoms with Crippen LogP contribution in [0.1, 0.15) is 54.0 Å². The molecular formula is C33H52BClN2O7Si2. The molecule has 4 heterocycles. The number of ether oxygens (including phenoxy) is 4. The fourth-order valence-corrected chi connectivity index (χ4v) is 8.05. The molecule has 13 heteroatoms. The van der Waals surface area contributed by atoms with E-state index in [4.69, 9.17) is 44.3 Å². The summed E-state index contributed by atoms with van der Waals surface area (Å²) in [5, 5.41) is 11.8. The summed E-state index contributed by atoms with van der Waals surface area (Å²) in [6.07, 6.45) is -1.13. The molecule has 0 unspecified atom stereocenters. The number of hydrogen-bond acceptors (Lipinski definition) is 8. The zero-order chi connectivity index (χ0) is 34.0. The monoisotopic (exact) mass is 690 g/mol. The van der Waals surface area contributed by atoms with Crippen LogP contribution in [-0.4, -0.2) is 83.5 Å². The summed E-state index contributed by atoms with van der Waals surface area (Å²) in [5.74, 6) is 0.416. The molecule has 0 spiro atoms. The van der Waals surface area contributed by atoms with E-state index in [1.54, 1.807) is 0 Å². The van der Waals surface area contributed by atoms with Gasteiger partial charge in [0.05, 0.1) is 36.0 Å². The lowest BCUT2D eigenvalue weighted by atomic mass is 9.78. The molecule has 254 valence electrons. The van der Waals surface area contributed by atoms with Gasteiger partial charge in [0, 0.05) is 30.6 Å². The van der Waals surface area contributed by atoms with Crippen molar-refractivity contribution in [3.8, 4) is 11.9 Å². The quantitative estimate of drug-likeness (QED) is 0.201. The van der Waals surface area contributed by atoms with Crippen molar-refractivity contribution >= 4 is 51.5 Å². The van der Waals surface area contributed by atoms with E-state index in [-0.39, 0.29) is 30.1 Å². The van der Waals surface area contributed by atoms with Crippen molar-refractivity contribution in [1.29, 1.82) is 5.26 Å². The molecule has 3 aliphatic heterocycles. The van der Waals surface area contributed by atoms with Crippen LogP contribution in [0.25, 0.3) is 10.9 Å². The average molecular weight is 691 g/mol. The Hall–Kier alpha value is -1.40. The van der Waals surface area contributed by atoms with Crippen LogP contribution in [0.15, 0.2) is 12.1 Å². The van der Waals surface area contributed by atoms with Crippen molar-refractivity contribution in [2.75, 3.05) is 19.8 Å². The smallest absolute Gasteiger partial charge is 0.469 e. The van der Waals surface area contributed by atoms with Crippen molar-refractivity contribution < 1.29 is 32.7 Å². The van der Waals surface area contributed by atoms with Gasteiger partial charge in [0.25, 0.3) is 0 Å². The maximum absolute atomic E-state index is 10.6. The molecule has 0 bridgehead atoms. The van der Waals surface area contributed by atoms with E-state index in [0.717, 1.165) is 11.6 Å². The maximum atomic E-state index is 10.6. The number of benzene rings is 1. The van der Waals surface area contributed by atoms with E-state index >= 15 is 0 Å². The number of halogens is 1. The first kappa shape index (κ1) is 35.9. The largest absolute Gasteiger partial charge is 0.496 e. The van der Waals surface area contributed by atoms with Crippen LogP contribution in [0.5, 0.6) is 5.88 Å². The molecule has 3 aliphatic rings.